The summed E-state index contributed by atoms with van der Waals surface area (Å²) in [6.45, 7) is 0. The van der Waals surface area contributed by atoms with Gasteiger partial charge in [-0.3, -0.25) is 0 Å². The third kappa shape index (κ3) is 1.74. The van der Waals surface area contributed by atoms with Gasteiger partial charge in [0.25, 0.3) is 0 Å². The fourth-order valence-corrected chi connectivity index (χ4v) is 10.8. The molecular formula is C25H20Si. The van der Waals surface area contributed by atoms with Crippen molar-refractivity contribution in [3.05, 3.63) is 108 Å². The van der Waals surface area contributed by atoms with Crippen molar-refractivity contribution >= 4 is 19.6 Å². The van der Waals surface area contributed by atoms with Gasteiger partial charge < -0.3 is 0 Å². The Morgan fingerprint density at radius 1 is 0.769 bits per heavy atom. The molecule has 0 bridgehead atoms. The van der Waals surface area contributed by atoms with Crippen LogP contribution in [0.5, 0.6) is 0 Å². The van der Waals surface area contributed by atoms with Crippen molar-refractivity contribution in [3.8, 4) is 11.1 Å². The Morgan fingerprint density at radius 2 is 1.50 bits per heavy atom. The second kappa shape index (κ2) is 5.18. The molecule has 3 aliphatic rings. The highest BCUT2D eigenvalue weighted by molar-refractivity contribution is 6.92. The van der Waals surface area contributed by atoms with Gasteiger partial charge in [0.15, 0.2) is 0 Å². The monoisotopic (exact) mass is 348 g/mol. The lowest BCUT2D eigenvalue weighted by atomic mass is 9.81. The summed E-state index contributed by atoms with van der Waals surface area (Å²) in [6.07, 6.45) is 8.26. The van der Waals surface area contributed by atoms with Crippen LogP contribution in [0.4, 0.5) is 0 Å². The Hall–Kier alpha value is -2.64. The summed E-state index contributed by atoms with van der Waals surface area (Å²) in [5.74, 6) is 0. The average Bonchev–Trinajstić information content (AvgIpc) is 3.38. The molecule has 2 heterocycles. The van der Waals surface area contributed by atoms with E-state index >= 15 is 0 Å². The number of rotatable bonds is 1. The highest BCUT2D eigenvalue weighted by Crippen LogP contribution is 2.75. The third-order valence-corrected chi connectivity index (χ3v) is 11.1. The Labute approximate surface area is 156 Å². The fraction of sp³-hybridized carbons (Fsp3) is 0.120. The molecule has 0 radical (unpaired) electrons. The van der Waals surface area contributed by atoms with Gasteiger partial charge in [-0.25, -0.2) is 0 Å². The maximum absolute atomic E-state index is 2.42. The van der Waals surface area contributed by atoms with E-state index in [1.807, 2.05) is 0 Å². The van der Waals surface area contributed by atoms with Gasteiger partial charge in [-0.05, 0) is 39.8 Å². The van der Waals surface area contributed by atoms with Gasteiger partial charge in [-0.1, -0.05) is 102 Å². The number of benzene rings is 3. The molecule has 124 valence electrons. The molecule has 26 heavy (non-hydrogen) atoms. The van der Waals surface area contributed by atoms with E-state index in [1.54, 1.807) is 16.3 Å². The molecule has 0 aromatic heterocycles. The largest absolute Gasteiger partial charge is 0.0911 e. The lowest BCUT2D eigenvalue weighted by molar-refractivity contribution is 0.792. The van der Waals surface area contributed by atoms with Crippen molar-refractivity contribution in [3.63, 3.8) is 0 Å². The Morgan fingerprint density at radius 3 is 2.38 bits per heavy atom. The fourth-order valence-electron chi connectivity index (χ4n) is 5.64. The highest BCUT2D eigenvalue weighted by Gasteiger charge is 2.69. The van der Waals surface area contributed by atoms with Crippen LogP contribution in [-0.2, 0) is 0 Å². The van der Waals surface area contributed by atoms with Gasteiger partial charge in [0, 0.05) is 5.04 Å². The summed E-state index contributed by atoms with van der Waals surface area (Å²) in [4.78, 5) is 0. The van der Waals surface area contributed by atoms with Crippen LogP contribution in [0.15, 0.2) is 97.1 Å². The summed E-state index contributed by atoms with van der Waals surface area (Å²) < 4.78 is 0. The van der Waals surface area contributed by atoms with E-state index in [9.17, 15) is 0 Å². The first-order valence-corrected chi connectivity index (χ1v) is 11.3. The van der Waals surface area contributed by atoms with E-state index in [2.05, 4.69) is 97.1 Å². The van der Waals surface area contributed by atoms with E-state index in [-0.39, 0.29) is 0 Å². The first-order chi connectivity index (χ1) is 12.9. The average molecular weight is 349 g/mol. The number of hydrogen-bond acceptors (Lipinski definition) is 0. The van der Waals surface area contributed by atoms with Crippen molar-refractivity contribution in [1.29, 1.82) is 0 Å². The minimum Gasteiger partial charge on any atom is -0.0839 e. The molecule has 2 aliphatic heterocycles. The standard InChI is InChI=1S/C25H20Si/c1-2-10-18(11-3-1)22-15-8-9-17-25(22)24-21-14-5-4-12-19(21)20-13-6-7-16-23(20)26(24)25/h1-16,24,26H,17H2. The highest BCUT2D eigenvalue weighted by atomic mass is 28.3. The van der Waals surface area contributed by atoms with Crippen LogP contribution in [0, 0.1) is 0 Å². The van der Waals surface area contributed by atoms with Crippen molar-refractivity contribution in [2.45, 2.75) is 17.0 Å². The number of hydrogen-bond donors (Lipinski definition) is 0. The molecule has 6 rings (SSSR count). The molecule has 0 saturated carbocycles. The van der Waals surface area contributed by atoms with Gasteiger partial charge in [-0.15, -0.1) is 0 Å². The molecule has 1 aliphatic carbocycles. The van der Waals surface area contributed by atoms with E-state index in [0.29, 0.717) is 5.04 Å². The summed E-state index contributed by atoms with van der Waals surface area (Å²) >= 11 is 0. The second-order valence-electron chi connectivity index (χ2n) is 7.75. The Balaban J connectivity index is 1.61. The molecule has 3 aromatic carbocycles. The van der Waals surface area contributed by atoms with Crippen LogP contribution < -0.4 is 5.19 Å². The molecule has 1 heteroatoms. The van der Waals surface area contributed by atoms with Crippen molar-refractivity contribution in [2.75, 3.05) is 0 Å². The maximum atomic E-state index is 2.42. The first kappa shape index (κ1) is 14.5. The molecule has 3 aromatic rings. The lowest BCUT2D eigenvalue weighted by Gasteiger charge is -2.24. The maximum Gasteiger partial charge on any atom is 0.0911 e. The molecule has 1 spiro atoms. The molecule has 1 saturated heterocycles. The summed E-state index contributed by atoms with van der Waals surface area (Å²) in [5, 5.41) is 2.02. The van der Waals surface area contributed by atoms with Crippen LogP contribution in [0.2, 0.25) is 5.04 Å². The number of allylic oxidation sites excluding steroid dienone is 4. The topological polar surface area (TPSA) is 0 Å². The van der Waals surface area contributed by atoms with Crippen LogP contribution >= 0.6 is 0 Å². The van der Waals surface area contributed by atoms with Crippen LogP contribution in [0.1, 0.15) is 23.1 Å². The number of fused-ring (bicyclic) bond motifs is 8. The van der Waals surface area contributed by atoms with Gasteiger partial charge in [0.1, 0.15) is 0 Å². The van der Waals surface area contributed by atoms with Gasteiger partial charge in [0.05, 0.1) is 8.80 Å². The second-order valence-corrected chi connectivity index (χ2v) is 11.0. The molecule has 1 fully saturated rings. The van der Waals surface area contributed by atoms with E-state index in [4.69, 9.17) is 0 Å². The van der Waals surface area contributed by atoms with Gasteiger partial charge in [-0.2, -0.15) is 0 Å². The van der Waals surface area contributed by atoms with E-state index in [1.165, 1.54) is 23.1 Å². The Kier molecular flexibility index (Phi) is 2.89. The molecule has 0 amide bonds. The lowest BCUT2D eigenvalue weighted by Crippen LogP contribution is -2.26. The smallest absolute Gasteiger partial charge is 0.0839 e. The molecule has 3 unspecified atom stereocenters. The molecule has 0 nitrogen and oxygen atoms in total. The molecule has 0 N–H and O–H groups in total. The Bertz CT molecular complexity index is 1020. The normalized spacial score (nSPS) is 27.3. The van der Waals surface area contributed by atoms with Crippen LogP contribution in [-0.4, -0.2) is 8.80 Å². The molecule has 3 atom stereocenters. The van der Waals surface area contributed by atoms with Crippen LogP contribution in [0.3, 0.4) is 0 Å². The molecular weight excluding hydrogens is 328 g/mol. The summed E-state index contributed by atoms with van der Waals surface area (Å²) in [6, 6.07) is 29.4. The van der Waals surface area contributed by atoms with Gasteiger partial charge in [0.2, 0.25) is 0 Å². The quantitative estimate of drug-likeness (QED) is 0.529. The van der Waals surface area contributed by atoms with Crippen molar-refractivity contribution in [1.82, 2.24) is 0 Å². The zero-order chi connectivity index (χ0) is 17.1. The van der Waals surface area contributed by atoms with Crippen LogP contribution in [0.25, 0.3) is 16.7 Å². The zero-order valence-electron chi connectivity index (χ0n) is 14.6. The predicted octanol–water partition coefficient (Wildman–Crippen LogP) is 5.22. The predicted molar refractivity (Wildman–Crippen MR) is 112 cm³/mol. The van der Waals surface area contributed by atoms with E-state index in [0.717, 1.165) is 5.54 Å². The minimum absolute atomic E-state index is 0.346. The third-order valence-electron chi connectivity index (χ3n) is 6.66. The summed E-state index contributed by atoms with van der Waals surface area (Å²) in [7, 11) is -1.13. The first-order valence-electron chi connectivity index (χ1n) is 9.52. The minimum atomic E-state index is -1.13. The van der Waals surface area contributed by atoms with E-state index < -0.39 is 8.80 Å². The summed E-state index contributed by atoms with van der Waals surface area (Å²) in [5.41, 5.74) is 8.28. The SMILES string of the molecule is C1=CCC2(C(c3ccccc3)=C1)C1c3ccccc3-c3ccccc3[SiH]12. The zero-order valence-corrected chi connectivity index (χ0v) is 15.8. The van der Waals surface area contributed by atoms with Gasteiger partial charge >= 0.3 is 0 Å². The van der Waals surface area contributed by atoms with Crippen molar-refractivity contribution in [2.24, 2.45) is 0 Å². The van der Waals surface area contributed by atoms with Crippen molar-refractivity contribution < 1.29 is 0 Å².